The van der Waals surface area contributed by atoms with E-state index in [0.29, 0.717) is 0 Å². The largest absolute Gasteiger partial charge is 0.261 e. The van der Waals surface area contributed by atoms with Gasteiger partial charge in [-0.25, -0.2) is 0 Å². The summed E-state index contributed by atoms with van der Waals surface area (Å²) in [6.07, 6.45) is 7.00. The Bertz CT molecular complexity index is 143. The third-order valence-electron chi connectivity index (χ3n) is 1.23. The van der Waals surface area contributed by atoms with E-state index < -0.39 is 0 Å². The maximum absolute atomic E-state index is 4.16. The van der Waals surface area contributed by atoms with Crippen LogP contribution in [0.15, 0.2) is 24.0 Å². The van der Waals surface area contributed by atoms with Crippen LogP contribution >= 0.6 is 0 Å². The molecule has 1 aliphatic rings. The third kappa shape index (κ3) is 1.92. The molecule has 0 unspecified atom stereocenters. The Balaban J connectivity index is 2.30. The first-order valence-corrected chi connectivity index (χ1v) is 3.35. The van der Waals surface area contributed by atoms with Crippen molar-refractivity contribution in [2.24, 2.45) is 5.92 Å². The molecule has 1 radical (unpaired) electrons. The van der Waals surface area contributed by atoms with Crippen molar-refractivity contribution in [3.63, 3.8) is 0 Å². The molecular weight excluding hydrogens is 110 g/mol. The van der Waals surface area contributed by atoms with E-state index in [1.165, 1.54) is 5.70 Å². The van der Waals surface area contributed by atoms with Crippen molar-refractivity contribution < 1.29 is 0 Å². The Morgan fingerprint density at radius 1 is 1.56 bits per heavy atom. The fourth-order valence-corrected chi connectivity index (χ4v) is 0.875. The van der Waals surface area contributed by atoms with Crippen LogP contribution in [0.4, 0.5) is 0 Å². The lowest BCUT2D eigenvalue weighted by Crippen LogP contribution is -1.96. The van der Waals surface area contributed by atoms with Gasteiger partial charge in [0.25, 0.3) is 0 Å². The molecule has 0 aromatic heterocycles. The van der Waals surface area contributed by atoms with Crippen LogP contribution in [0, 0.1) is 5.92 Å². The molecule has 1 heteroatoms. The first-order chi connectivity index (χ1) is 4.29. The highest BCUT2D eigenvalue weighted by atomic mass is 14.9. The highest BCUT2D eigenvalue weighted by molar-refractivity contribution is 5.19. The normalized spacial score (nSPS) is 16.1. The number of allylic oxidation sites excluding steroid dienone is 3. The Kier molecular flexibility index (Phi) is 1.93. The fourth-order valence-electron chi connectivity index (χ4n) is 0.875. The summed E-state index contributed by atoms with van der Waals surface area (Å²) in [7, 11) is 0. The molecule has 0 aromatic carbocycles. The Morgan fingerprint density at radius 3 is 2.78 bits per heavy atom. The summed E-state index contributed by atoms with van der Waals surface area (Å²) in [4.78, 5) is 0. The van der Waals surface area contributed by atoms with Crippen LogP contribution in [0.2, 0.25) is 0 Å². The quantitative estimate of drug-likeness (QED) is 0.532. The minimum absolute atomic E-state index is 0.722. The smallest absolute Gasteiger partial charge is 0.0406 e. The summed E-state index contributed by atoms with van der Waals surface area (Å²) >= 11 is 0. The van der Waals surface area contributed by atoms with Crippen LogP contribution < -0.4 is 5.32 Å². The number of nitrogens with zero attached hydrogens (tertiary/aromatic N) is 1. The first-order valence-electron chi connectivity index (χ1n) is 3.35. The van der Waals surface area contributed by atoms with Crippen molar-refractivity contribution in [2.45, 2.75) is 20.3 Å². The second-order valence-corrected chi connectivity index (χ2v) is 2.73. The van der Waals surface area contributed by atoms with E-state index >= 15 is 0 Å². The summed E-state index contributed by atoms with van der Waals surface area (Å²) in [6, 6.07) is 0. The van der Waals surface area contributed by atoms with E-state index in [1.807, 2.05) is 12.3 Å². The molecule has 0 saturated heterocycles. The first kappa shape index (κ1) is 6.40. The van der Waals surface area contributed by atoms with Crippen molar-refractivity contribution in [3.8, 4) is 0 Å². The van der Waals surface area contributed by atoms with Crippen molar-refractivity contribution in [1.29, 1.82) is 0 Å². The summed E-state index contributed by atoms with van der Waals surface area (Å²) < 4.78 is 0. The van der Waals surface area contributed by atoms with Crippen LogP contribution in [-0.4, -0.2) is 0 Å². The van der Waals surface area contributed by atoms with Gasteiger partial charge >= 0.3 is 0 Å². The van der Waals surface area contributed by atoms with Crippen molar-refractivity contribution in [1.82, 2.24) is 5.32 Å². The van der Waals surface area contributed by atoms with Gasteiger partial charge in [0.2, 0.25) is 0 Å². The Labute approximate surface area is 56.5 Å². The van der Waals surface area contributed by atoms with Gasteiger partial charge in [-0.1, -0.05) is 13.8 Å². The molecule has 1 heterocycles. The molecule has 0 aromatic rings. The molecule has 0 fully saturated rings. The zero-order valence-electron chi connectivity index (χ0n) is 5.96. The summed E-state index contributed by atoms with van der Waals surface area (Å²) in [6.45, 7) is 4.41. The van der Waals surface area contributed by atoms with Crippen molar-refractivity contribution >= 4 is 0 Å². The number of rotatable bonds is 2. The molecule has 49 valence electrons. The lowest BCUT2D eigenvalue weighted by atomic mass is 10.1. The van der Waals surface area contributed by atoms with Gasteiger partial charge in [-0.2, -0.15) is 0 Å². The zero-order valence-corrected chi connectivity index (χ0v) is 5.96. The molecule has 0 bridgehead atoms. The molecule has 0 aliphatic carbocycles. The molecule has 9 heavy (non-hydrogen) atoms. The van der Waals surface area contributed by atoms with Crippen molar-refractivity contribution in [3.05, 3.63) is 24.0 Å². The van der Waals surface area contributed by atoms with Crippen LogP contribution in [0.3, 0.4) is 0 Å². The molecule has 1 rings (SSSR count). The molecule has 0 amide bonds. The van der Waals surface area contributed by atoms with Gasteiger partial charge in [0.1, 0.15) is 0 Å². The predicted molar refractivity (Wildman–Crippen MR) is 38.8 cm³/mol. The van der Waals surface area contributed by atoms with Gasteiger partial charge in [0.15, 0.2) is 0 Å². The molecular formula is C8H12N. The van der Waals surface area contributed by atoms with Crippen molar-refractivity contribution in [2.75, 3.05) is 0 Å². The van der Waals surface area contributed by atoms with E-state index in [0.717, 1.165) is 12.3 Å². The summed E-state index contributed by atoms with van der Waals surface area (Å²) in [5, 5.41) is 4.16. The summed E-state index contributed by atoms with van der Waals surface area (Å²) in [5.41, 5.74) is 1.21. The molecule has 0 spiro atoms. The Morgan fingerprint density at radius 2 is 2.33 bits per heavy atom. The average Bonchev–Trinajstić information content (AvgIpc) is 2.15. The second-order valence-electron chi connectivity index (χ2n) is 2.73. The monoisotopic (exact) mass is 122 g/mol. The molecule has 1 aliphatic heterocycles. The van der Waals surface area contributed by atoms with Gasteiger partial charge in [-0.15, -0.1) is 0 Å². The SMILES string of the molecule is CC(C)CC1=CC=C[N]1. The lowest BCUT2D eigenvalue weighted by molar-refractivity contribution is 0.625. The van der Waals surface area contributed by atoms with Crippen LogP contribution in [-0.2, 0) is 0 Å². The number of hydrogen-bond acceptors (Lipinski definition) is 0. The highest BCUT2D eigenvalue weighted by Crippen LogP contribution is 2.11. The lowest BCUT2D eigenvalue weighted by Gasteiger charge is -2.02. The van der Waals surface area contributed by atoms with Gasteiger partial charge in [-0.05, 0) is 24.5 Å². The van der Waals surface area contributed by atoms with Gasteiger partial charge in [0, 0.05) is 11.9 Å². The van der Waals surface area contributed by atoms with Crippen LogP contribution in [0.25, 0.3) is 0 Å². The molecule has 0 N–H and O–H groups in total. The Hall–Kier alpha value is -0.720. The van der Waals surface area contributed by atoms with Gasteiger partial charge in [0.05, 0.1) is 0 Å². The van der Waals surface area contributed by atoms with E-state index in [-0.39, 0.29) is 0 Å². The van der Waals surface area contributed by atoms with Gasteiger partial charge in [-0.3, -0.25) is 5.32 Å². The maximum Gasteiger partial charge on any atom is 0.0406 e. The van der Waals surface area contributed by atoms with Crippen LogP contribution in [0.1, 0.15) is 20.3 Å². The maximum atomic E-state index is 4.16. The number of hydrogen-bond donors (Lipinski definition) is 0. The second kappa shape index (κ2) is 2.72. The van der Waals surface area contributed by atoms with Gasteiger partial charge < -0.3 is 0 Å². The zero-order chi connectivity index (χ0) is 6.69. The minimum atomic E-state index is 0.722. The van der Waals surface area contributed by atoms with E-state index in [2.05, 4.69) is 25.2 Å². The topological polar surface area (TPSA) is 14.1 Å². The van der Waals surface area contributed by atoms with E-state index in [9.17, 15) is 0 Å². The standard InChI is InChI=1S/C8H12N/c1-7(2)6-8-4-3-5-9-8/h3-5,7H,6H2,1-2H3. The minimum Gasteiger partial charge on any atom is -0.261 e. The fraction of sp³-hybridized carbons (Fsp3) is 0.500. The molecule has 0 saturated carbocycles. The molecule has 1 nitrogen and oxygen atoms in total. The van der Waals surface area contributed by atoms with Crippen LogP contribution in [0.5, 0.6) is 0 Å². The molecule has 0 atom stereocenters. The predicted octanol–water partition coefficient (Wildman–Crippen LogP) is 2.05. The summed E-state index contributed by atoms with van der Waals surface area (Å²) in [5.74, 6) is 0.722. The highest BCUT2D eigenvalue weighted by Gasteiger charge is 2.01. The third-order valence-corrected chi connectivity index (χ3v) is 1.23. The van der Waals surface area contributed by atoms with E-state index in [4.69, 9.17) is 0 Å². The van der Waals surface area contributed by atoms with E-state index in [1.54, 1.807) is 0 Å². The average molecular weight is 122 g/mol.